The van der Waals surface area contributed by atoms with Gasteiger partial charge in [0, 0.05) is 19.6 Å². The predicted molar refractivity (Wildman–Crippen MR) is 112 cm³/mol. The zero-order chi connectivity index (χ0) is 19.1. The van der Waals surface area contributed by atoms with Crippen LogP contribution in [0.5, 0.6) is 0 Å². The average molecular weight is 354 g/mol. The van der Waals surface area contributed by atoms with Gasteiger partial charge in [0.1, 0.15) is 5.82 Å². The van der Waals surface area contributed by atoms with Crippen molar-refractivity contribution in [2.24, 2.45) is 11.8 Å². The maximum atomic E-state index is 13.1. The molecule has 2 aromatic rings. The van der Waals surface area contributed by atoms with Crippen LogP contribution >= 0.6 is 0 Å². The minimum atomic E-state index is -0.198. The molecule has 0 unspecified atom stereocenters. The molecule has 26 heavy (non-hydrogen) atoms. The van der Waals surface area contributed by atoms with E-state index >= 15 is 0 Å². The highest BCUT2D eigenvalue weighted by Gasteiger charge is 2.08. The van der Waals surface area contributed by atoms with Crippen LogP contribution in [-0.4, -0.2) is 24.5 Å². The fourth-order valence-corrected chi connectivity index (χ4v) is 3.21. The van der Waals surface area contributed by atoms with Gasteiger partial charge in [-0.2, -0.15) is 0 Å². The van der Waals surface area contributed by atoms with Gasteiger partial charge >= 0.3 is 0 Å². The van der Waals surface area contributed by atoms with Gasteiger partial charge in [0.15, 0.2) is 0 Å². The van der Waals surface area contributed by atoms with E-state index in [1.54, 1.807) is 0 Å². The van der Waals surface area contributed by atoms with Crippen molar-refractivity contribution < 1.29 is 4.39 Å². The van der Waals surface area contributed by atoms with Crippen molar-refractivity contribution in [3.8, 4) is 11.1 Å². The zero-order valence-electron chi connectivity index (χ0n) is 16.8. The largest absolute Gasteiger partial charge is 0.299 e. The Balaban J connectivity index is 2.06. The van der Waals surface area contributed by atoms with Gasteiger partial charge in [-0.3, -0.25) is 4.90 Å². The molecule has 0 amide bonds. The van der Waals surface area contributed by atoms with E-state index in [1.807, 2.05) is 12.1 Å². The molecule has 0 aliphatic carbocycles. The van der Waals surface area contributed by atoms with Crippen molar-refractivity contribution in [1.82, 2.24) is 4.90 Å². The third-order valence-electron chi connectivity index (χ3n) is 4.42. The summed E-state index contributed by atoms with van der Waals surface area (Å²) in [6, 6.07) is 15.2. The van der Waals surface area contributed by atoms with E-state index in [2.05, 4.69) is 69.9 Å². The second-order valence-electron chi connectivity index (χ2n) is 7.98. The van der Waals surface area contributed by atoms with Crippen molar-refractivity contribution >= 4 is 5.57 Å². The van der Waals surface area contributed by atoms with Gasteiger partial charge in [-0.15, -0.1) is 0 Å². The average Bonchev–Trinajstić information content (AvgIpc) is 2.59. The molecule has 0 aromatic heterocycles. The van der Waals surface area contributed by atoms with Crippen molar-refractivity contribution in [2.75, 3.05) is 19.6 Å². The van der Waals surface area contributed by atoms with Crippen molar-refractivity contribution in [3.05, 3.63) is 66.0 Å². The maximum Gasteiger partial charge on any atom is 0.123 e. The number of nitrogens with zero attached hydrogens (tertiary/aromatic N) is 1. The standard InChI is InChI=1S/C24H32FN/c1-18(2)16-26(17-19(3)4)15-14-20(5)21-6-8-22(9-7-21)23-10-12-24(25)13-11-23/h6-14,18-19H,15-17H2,1-5H3/b20-14-. The third kappa shape index (κ3) is 6.42. The van der Waals surface area contributed by atoms with Gasteiger partial charge in [0.2, 0.25) is 0 Å². The summed E-state index contributed by atoms with van der Waals surface area (Å²) in [7, 11) is 0. The zero-order valence-corrected chi connectivity index (χ0v) is 16.8. The summed E-state index contributed by atoms with van der Waals surface area (Å²) in [4.78, 5) is 2.53. The molecule has 0 atom stereocenters. The molecule has 140 valence electrons. The van der Waals surface area contributed by atoms with Crippen LogP contribution in [-0.2, 0) is 0 Å². The minimum absolute atomic E-state index is 0.198. The molecule has 1 nitrogen and oxygen atoms in total. The van der Waals surface area contributed by atoms with Crippen LogP contribution in [0.2, 0.25) is 0 Å². The van der Waals surface area contributed by atoms with Gasteiger partial charge < -0.3 is 0 Å². The lowest BCUT2D eigenvalue weighted by Gasteiger charge is -2.25. The van der Waals surface area contributed by atoms with E-state index in [4.69, 9.17) is 0 Å². The number of benzene rings is 2. The van der Waals surface area contributed by atoms with Gasteiger partial charge in [-0.25, -0.2) is 4.39 Å². The van der Waals surface area contributed by atoms with Crippen molar-refractivity contribution in [3.63, 3.8) is 0 Å². The predicted octanol–water partition coefficient (Wildman–Crippen LogP) is 6.51. The molecule has 0 N–H and O–H groups in total. The third-order valence-corrected chi connectivity index (χ3v) is 4.42. The normalized spacial score (nSPS) is 12.4. The van der Waals surface area contributed by atoms with Gasteiger partial charge in [0.25, 0.3) is 0 Å². The molecular formula is C24H32FN. The van der Waals surface area contributed by atoms with E-state index in [0.717, 1.165) is 30.8 Å². The molecule has 2 heteroatoms. The van der Waals surface area contributed by atoms with E-state index in [1.165, 1.54) is 23.3 Å². The number of allylic oxidation sites excluding steroid dienone is 1. The SMILES string of the molecule is C/C(=C/CN(CC(C)C)CC(C)C)c1ccc(-c2ccc(F)cc2)cc1. The van der Waals surface area contributed by atoms with Crippen LogP contribution in [0, 0.1) is 17.7 Å². The highest BCUT2D eigenvalue weighted by atomic mass is 19.1. The Kier molecular flexibility index (Phi) is 7.59. The second kappa shape index (κ2) is 9.68. The summed E-state index contributed by atoms with van der Waals surface area (Å²) >= 11 is 0. The van der Waals surface area contributed by atoms with Crippen LogP contribution in [0.3, 0.4) is 0 Å². The van der Waals surface area contributed by atoms with Crippen molar-refractivity contribution in [1.29, 1.82) is 0 Å². The molecule has 0 saturated carbocycles. The van der Waals surface area contributed by atoms with Crippen LogP contribution in [0.4, 0.5) is 4.39 Å². The van der Waals surface area contributed by atoms with Gasteiger partial charge in [-0.05, 0) is 53.2 Å². The van der Waals surface area contributed by atoms with Crippen LogP contribution in [0.1, 0.15) is 40.2 Å². The topological polar surface area (TPSA) is 3.24 Å². The van der Waals surface area contributed by atoms with Gasteiger partial charge in [-0.1, -0.05) is 70.2 Å². The van der Waals surface area contributed by atoms with Crippen LogP contribution < -0.4 is 0 Å². The minimum Gasteiger partial charge on any atom is -0.299 e. The molecule has 0 spiro atoms. The Bertz CT molecular complexity index is 686. The smallest absolute Gasteiger partial charge is 0.123 e. The lowest BCUT2D eigenvalue weighted by atomic mass is 10.0. The molecule has 2 aromatic carbocycles. The van der Waals surface area contributed by atoms with E-state index in [-0.39, 0.29) is 5.82 Å². The first-order valence-corrected chi connectivity index (χ1v) is 9.60. The van der Waals surface area contributed by atoms with E-state index in [9.17, 15) is 4.39 Å². The molecule has 2 rings (SSSR count). The van der Waals surface area contributed by atoms with Gasteiger partial charge in [0.05, 0.1) is 0 Å². The fourth-order valence-electron chi connectivity index (χ4n) is 3.21. The molecule has 0 fully saturated rings. The van der Waals surface area contributed by atoms with E-state index in [0.29, 0.717) is 11.8 Å². The first-order chi connectivity index (χ1) is 12.3. The molecule has 0 heterocycles. The first-order valence-electron chi connectivity index (χ1n) is 9.60. The Morgan fingerprint density at radius 2 is 1.31 bits per heavy atom. The second-order valence-corrected chi connectivity index (χ2v) is 7.98. The molecule has 0 saturated heterocycles. The van der Waals surface area contributed by atoms with Crippen LogP contribution in [0.25, 0.3) is 16.7 Å². The maximum absolute atomic E-state index is 13.1. The highest BCUT2D eigenvalue weighted by molar-refractivity contribution is 5.69. The number of rotatable bonds is 8. The van der Waals surface area contributed by atoms with E-state index < -0.39 is 0 Å². The summed E-state index contributed by atoms with van der Waals surface area (Å²) in [6.45, 7) is 14.5. The number of halogens is 1. The Morgan fingerprint density at radius 3 is 1.77 bits per heavy atom. The number of hydrogen-bond acceptors (Lipinski definition) is 1. The summed E-state index contributed by atoms with van der Waals surface area (Å²) in [5, 5.41) is 0. The Morgan fingerprint density at radius 1 is 0.846 bits per heavy atom. The summed E-state index contributed by atoms with van der Waals surface area (Å²) in [5.41, 5.74) is 4.69. The number of hydrogen-bond donors (Lipinski definition) is 0. The monoisotopic (exact) mass is 353 g/mol. The Hall–Kier alpha value is -1.93. The summed E-state index contributed by atoms with van der Waals surface area (Å²) in [6.07, 6.45) is 2.33. The van der Waals surface area contributed by atoms with Crippen molar-refractivity contribution in [2.45, 2.75) is 34.6 Å². The molecule has 0 aliphatic heterocycles. The van der Waals surface area contributed by atoms with Crippen LogP contribution in [0.15, 0.2) is 54.6 Å². The summed E-state index contributed by atoms with van der Waals surface area (Å²) < 4.78 is 13.1. The molecular weight excluding hydrogens is 321 g/mol. The fraction of sp³-hybridized carbons (Fsp3) is 0.417. The quantitative estimate of drug-likeness (QED) is 0.523. The summed E-state index contributed by atoms with van der Waals surface area (Å²) in [5.74, 6) is 1.16. The lowest BCUT2D eigenvalue weighted by Crippen LogP contribution is -2.31. The first kappa shape index (κ1) is 20.4. The Labute approximate surface area is 158 Å². The highest BCUT2D eigenvalue weighted by Crippen LogP contribution is 2.23. The lowest BCUT2D eigenvalue weighted by molar-refractivity contribution is 0.241. The molecule has 0 bridgehead atoms. The molecule has 0 aliphatic rings. The molecule has 0 radical (unpaired) electrons.